The largest absolute Gasteiger partial charge is 0.365 e. The smallest absolute Gasteiger partial charge is 0.108 e. The molecule has 1 heterocycles. The summed E-state index contributed by atoms with van der Waals surface area (Å²) in [6.07, 6.45) is 2.56. The van der Waals surface area contributed by atoms with Crippen molar-refractivity contribution in [2.45, 2.75) is 38.9 Å². The van der Waals surface area contributed by atoms with Gasteiger partial charge >= 0.3 is 0 Å². The normalized spacial score (nSPS) is 16.1. The monoisotopic (exact) mass is 295 g/mol. The topological polar surface area (TPSA) is 21.3 Å². The van der Waals surface area contributed by atoms with Crippen molar-refractivity contribution in [2.24, 2.45) is 0 Å². The molecule has 1 aliphatic heterocycles. The van der Waals surface area contributed by atoms with Crippen LogP contribution in [0.1, 0.15) is 41.2 Å². The van der Waals surface area contributed by atoms with E-state index in [1.807, 2.05) is 0 Å². The molecule has 0 aliphatic carbocycles. The molecule has 0 amide bonds. The molecular formula is C20H25NO. The van der Waals surface area contributed by atoms with Crippen molar-refractivity contribution in [1.82, 2.24) is 5.32 Å². The van der Waals surface area contributed by atoms with Crippen LogP contribution in [-0.4, -0.2) is 19.2 Å². The van der Waals surface area contributed by atoms with Crippen molar-refractivity contribution < 1.29 is 4.74 Å². The second-order valence-corrected chi connectivity index (χ2v) is 6.29. The van der Waals surface area contributed by atoms with Gasteiger partial charge in [-0.15, -0.1) is 0 Å². The molecular weight excluding hydrogens is 270 g/mol. The summed E-state index contributed by atoms with van der Waals surface area (Å²) in [4.78, 5) is 0. The molecule has 0 atom stereocenters. The first kappa shape index (κ1) is 15.3. The highest BCUT2D eigenvalue weighted by Crippen LogP contribution is 2.29. The molecule has 0 unspecified atom stereocenters. The molecule has 2 aromatic carbocycles. The third-order valence-electron chi connectivity index (χ3n) is 4.37. The van der Waals surface area contributed by atoms with Crippen molar-refractivity contribution in [3.05, 3.63) is 70.8 Å². The van der Waals surface area contributed by atoms with Gasteiger partial charge in [0.2, 0.25) is 0 Å². The van der Waals surface area contributed by atoms with Crippen molar-refractivity contribution >= 4 is 0 Å². The highest BCUT2D eigenvalue weighted by Gasteiger charge is 2.21. The van der Waals surface area contributed by atoms with Gasteiger partial charge in [0.05, 0.1) is 6.10 Å². The zero-order valence-corrected chi connectivity index (χ0v) is 13.5. The molecule has 1 fully saturated rings. The van der Waals surface area contributed by atoms with E-state index in [0.717, 1.165) is 25.9 Å². The SMILES string of the molecule is Cc1ccc(C(OC2CCNCC2)c2ccc(C)cc2)cc1. The molecule has 0 spiro atoms. The van der Waals surface area contributed by atoms with Crippen LogP contribution in [0.25, 0.3) is 0 Å². The fourth-order valence-corrected chi connectivity index (χ4v) is 2.96. The fourth-order valence-electron chi connectivity index (χ4n) is 2.96. The van der Waals surface area contributed by atoms with Gasteiger partial charge in [0.15, 0.2) is 0 Å². The minimum Gasteiger partial charge on any atom is -0.365 e. The number of piperidine rings is 1. The fraction of sp³-hybridized carbons (Fsp3) is 0.400. The van der Waals surface area contributed by atoms with Crippen LogP contribution < -0.4 is 5.32 Å². The molecule has 1 N–H and O–H groups in total. The van der Waals surface area contributed by atoms with E-state index in [4.69, 9.17) is 4.74 Å². The number of ether oxygens (including phenoxy) is 1. The summed E-state index contributed by atoms with van der Waals surface area (Å²) >= 11 is 0. The summed E-state index contributed by atoms with van der Waals surface area (Å²) in [6, 6.07) is 17.5. The van der Waals surface area contributed by atoms with Gasteiger partial charge in [0, 0.05) is 0 Å². The first-order chi connectivity index (χ1) is 10.7. The van der Waals surface area contributed by atoms with Gasteiger partial charge < -0.3 is 10.1 Å². The van der Waals surface area contributed by atoms with E-state index >= 15 is 0 Å². The molecule has 2 nitrogen and oxygen atoms in total. The molecule has 3 rings (SSSR count). The molecule has 2 heteroatoms. The van der Waals surface area contributed by atoms with Crippen molar-refractivity contribution in [1.29, 1.82) is 0 Å². The van der Waals surface area contributed by atoms with Crippen molar-refractivity contribution in [2.75, 3.05) is 13.1 Å². The van der Waals surface area contributed by atoms with Crippen LogP contribution in [-0.2, 0) is 4.74 Å². The van der Waals surface area contributed by atoms with E-state index < -0.39 is 0 Å². The summed E-state index contributed by atoms with van der Waals surface area (Å²) in [5.41, 5.74) is 5.06. The predicted molar refractivity (Wildman–Crippen MR) is 91.2 cm³/mol. The summed E-state index contributed by atoms with van der Waals surface area (Å²) in [7, 11) is 0. The molecule has 0 saturated carbocycles. The van der Waals surface area contributed by atoms with Gasteiger partial charge in [0.1, 0.15) is 6.10 Å². The summed E-state index contributed by atoms with van der Waals surface area (Å²) in [5, 5.41) is 3.40. The quantitative estimate of drug-likeness (QED) is 0.914. The Balaban J connectivity index is 1.86. The number of hydrogen-bond acceptors (Lipinski definition) is 2. The van der Waals surface area contributed by atoms with Gasteiger partial charge in [-0.25, -0.2) is 0 Å². The highest BCUT2D eigenvalue weighted by atomic mass is 16.5. The maximum absolute atomic E-state index is 6.50. The number of hydrogen-bond donors (Lipinski definition) is 1. The lowest BCUT2D eigenvalue weighted by Gasteiger charge is -2.29. The minimum atomic E-state index is 0.0318. The maximum Gasteiger partial charge on any atom is 0.108 e. The third-order valence-corrected chi connectivity index (χ3v) is 4.37. The van der Waals surface area contributed by atoms with Crippen molar-refractivity contribution in [3.63, 3.8) is 0 Å². The Hall–Kier alpha value is -1.64. The highest BCUT2D eigenvalue weighted by molar-refractivity contribution is 5.33. The van der Waals surface area contributed by atoms with Crippen LogP contribution in [0.5, 0.6) is 0 Å². The molecule has 1 saturated heterocycles. The van der Waals surface area contributed by atoms with E-state index in [2.05, 4.69) is 67.7 Å². The first-order valence-corrected chi connectivity index (χ1v) is 8.22. The molecule has 0 bridgehead atoms. The van der Waals surface area contributed by atoms with Crippen LogP contribution in [0.4, 0.5) is 0 Å². The van der Waals surface area contributed by atoms with Gasteiger partial charge in [-0.2, -0.15) is 0 Å². The molecule has 22 heavy (non-hydrogen) atoms. The van der Waals surface area contributed by atoms with E-state index in [9.17, 15) is 0 Å². The van der Waals surface area contributed by atoms with E-state index in [0.29, 0.717) is 6.10 Å². The molecule has 0 aromatic heterocycles. The second kappa shape index (κ2) is 7.08. The van der Waals surface area contributed by atoms with E-state index in [-0.39, 0.29) is 6.10 Å². The van der Waals surface area contributed by atoms with Crippen LogP contribution >= 0.6 is 0 Å². The molecule has 1 aliphatic rings. The number of aryl methyl sites for hydroxylation is 2. The van der Waals surface area contributed by atoms with E-state index in [1.165, 1.54) is 22.3 Å². The standard InChI is InChI=1S/C20H25NO/c1-15-3-7-17(8-4-15)20(18-9-5-16(2)6-10-18)22-19-11-13-21-14-12-19/h3-10,19-21H,11-14H2,1-2H3. The average Bonchev–Trinajstić information content (AvgIpc) is 2.56. The number of nitrogens with one attached hydrogen (secondary N) is 1. The summed E-state index contributed by atoms with van der Waals surface area (Å²) in [5.74, 6) is 0. The van der Waals surface area contributed by atoms with Gasteiger partial charge in [-0.05, 0) is 50.9 Å². The third kappa shape index (κ3) is 3.76. The second-order valence-electron chi connectivity index (χ2n) is 6.29. The van der Waals surface area contributed by atoms with Crippen LogP contribution in [0.15, 0.2) is 48.5 Å². The van der Waals surface area contributed by atoms with Crippen molar-refractivity contribution in [3.8, 4) is 0 Å². The Labute approximate surface area is 133 Å². The number of benzene rings is 2. The Morgan fingerprint density at radius 2 is 1.27 bits per heavy atom. The Morgan fingerprint density at radius 3 is 1.73 bits per heavy atom. The lowest BCUT2D eigenvalue weighted by molar-refractivity contribution is -0.00806. The maximum atomic E-state index is 6.50. The lowest BCUT2D eigenvalue weighted by Crippen LogP contribution is -2.33. The van der Waals surface area contributed by atoms with Crippen LogP contribution in [0, 0.1) is 13.8 Å². The Morgan fingerprint density at radius 1 is 0.818 bits per heavy atom. The van der Waals surface area contributed by atoms with Crippen LogP contribution in [0.2, 0.25) is 0 Å². The summed E-state index contributed by atoms with van der Waals surface area (Å²) < 4.78 is 6.50. The Kier molecular flexibility index (Phi) is 4.91. The Bertz CT molecular complexity index is 537. The zero-order chi connectivity index (χ0) is 15.4. The van der Waals surface area contributed by atoms with Gasteiger partial charge in [-0.3, -0.25) is 0 Å². The summed E-state index contributed by atoms with van der Waals surface area (Å²) in [6.45, 7) is 6.36. The van der Waals surface area contributed by atoms with Gasteiger partial charge in [0.25, 0.3) is 0 Å². The average molecular weight is 295 g/mol. The first-order valence-electron chi connectivity index (χ1n) is 8.22. The van der Waals surface area contributed by atoms with Gasteiger partial charge in [-0.1, -0.05) is 59.7 Å². The van der Waals surface area contributed by atoms with Crippen LogP contribution in [0.3, 0.4) is 0 Å². The zero-order valence-electron chi connectivity index (χ0n) is 13.5. The number of rotatable bonds is 4. The lowest BCUT2D eigenvalue weighted by atomic mass is 9.98. The predicted octanol–water partition coefficient (Wildman–Crippen LogP) is 4.16. The van der Waals surface area contributed by atoms with E-state index in [1.54, 1.807) is 0 Å². The molecule has 2 aromatic rings. The minimum absolute atomic E-state index is 0.0318. The molecule has 0 radical (unpaired) electrons. The molecule has 116 valence electrons.